The Morgan fingerprint density at radius 3 is 2.22 bits per heavy atom. The molecule has 0 unspecified atom stereocenters. The Bertz CT molecular complexity index is 564. The third-order valence-corrected chi connectivity index (χ3v) is 3.71. The van der Waals surface area contributed by atoms with E-state index in [0.29, 0.717) is 18.4 Å². The molecule has 2 rings (SSSR count). The zero-order chi connectivity index (χ0) is 17.0. The molecule has 1 aliphatic rings. The highest BCUT2D eigenvalue weighted by Gasteiger charge is 2.31. The highest BCUT2D eigenvalue weighted by atomic mass is 19.4. The molecule has 1 aromatic rings. The Hall–Kier alpha value is -2.12. The lowest BCUT2D eigenvalue weighted by Gasteiger charge is -2.31. The van der Waals surface area contributed by atoms with Crippen LogP contribution < -0.4 is 5.32 Å². The van der Waals surface area contributed by atoms with E-state index in [1.165, 1.54) is 29.2 Å². The average Bonchev–Trinajstić information content (AvgIpc) is 2.52. The minimum absolute atomic E-state index is 0.278. The van der Waals surface area contributed by atoms with Crippen LogP contribution in [0.5, 0.6) is 0 Å². The highest BCUT2D eigenvalue weighted by Crippen LogP contribution is 2.20. The van der Waals surface area contributed by atoms with Crippen LogP contribution >= 0.6 is 0 Å². The molecule has 0 bridgehead atoms. The number of carbonyl (C=O) groups is 2. The molecule has 8 heteroatoms. The van der Waals surface area contributed by atoms with Gasteiger partial charge >= 0.3 is 6.18 Å². The molecule has 1 aliphatic heterocycles. The van der Waals surface area contributed by atoms with E-state index >= 15 is 0 Å². The van der Waals surface area contributed by atoms with Crippen LogP contribution in [-0.2, 0) is 4.79 Å². The van der Waals surface area contributed by atoms with Crippen molar-refractivity contribution in [1.29, 1.82) is 0 Å². The second-order valence-corrected chi connectivity index (χ2v) is 5.41. The number of rotatable bonds is 3. The van der Waals surface area contributed by atoms with Crippen molar-refractivity contribution in [2.45, 2.75) is 19.0 Å². The fourth-order valence-corrected chi connectivity index (χ4v) is 2.45. The summed E-state index contributed by atoms with van der Waals surface area (Å²) in [5.74, 6) is -1.90. The van der Waals surface area contributed by atoms with E-state index in [1.54, 1.807) is 0 Å². The lowest BCUT2D eigenvalue weighted by Crippen LogP contribution is -2.44. The Kier molecular flexibility index (Phi) is 5.23. The van der Waals surface area contributed by atoms with Crippen LogP contribution in [0.3, 0.4) is 0 Å². The maximum Gasteiger partial charge on any atom is 0.405 e. The minimum atomic E-state index is -4.44. The molecule has 2 amide bonds. The lowest BCUT2D eigenvalue weighted by molar-refractivity contribution is -0.141. The zero-order valence-corrected chi connectivity index (χ0v) is 12.2. The van der Waals surface area contributed by atoms with Gasteiger partial charge in [0.25, 0.3) is 5.91 Å². The molecule has 0 radical (unpaired) electrons. The lowest BCUT2D eigenvalue weighted by atomic mass is 9.95. The van der Waals surface area contributed by atoms with Gasteiger partial charge < -0.3 is 10.2 Å². The fraction of sp³-hybridized carbons (Fsp3) is 0.467. The van der Waals surface area contributed by atoms with Crippen molar-refractivity contribution in [3.63, 3.8) is 0 Å². The van der Waals surface area contributed by atoms with Crippen molar-refractivity contribution in [2.24, 2.45) is 5.92 Å². The first-order valence-electron chi connectivity index (χ1n) is 7.15. The van der Waals surface area contributed by atoms with Crippen molar-refractivity contribution in [1.82, 2.24) is 10.2 Å². The molecule has 23 heavy (non-hydrogen) atoms. The number of amides is 2. The topological polar surface area (TPSA) is 49.4 Å². The molecule has 0 aromatic heterocycles. The predicted octanol–water partition coefficient (Wildman–Crippen LogP) is 2.36. The van der Waals surface area contributed by atoms with E-state index in [0.717, 1.165) is 0 Å². The molecular formula is C15H16F4N2O2. The largest absolute Gasteiger partial charge is 0.405 e. The summed E-state index contributed by atoms with van der Waals surface area (Å²) in [5.41, 5.74) is 0.339. The van der Waals surface area contributed by atoms with Crippen LogP contribution in [0.4, 0.5) is 17.6 Å². The number of nitrogens with one attached hydrogen (secondary N) is 1. The molecule has 126 valence electrons. The van der Waals surface area contributed by atoms with Gasteiger partial charge in [-0.2, -0.15) is 13.2 Å². The van der Waals surface area contributed by atoms with Gasteiger partial charge in [-0.05, 0) is 37.1 Å². The number of alkyl halides is 3. The van der Waals surface area contributed by atoms with E-state index in [1.807, 2.05) is 5.32 Å². The summed E-state index contributed by atoms with van der Waals surface area (Å²) in [5, 5.41) is 1.87. The van der Waals surface area contributed by atoms with Crippen LogP contribution in [-0.4, -0.2) is 42.5 Å². The number of hydrogen-bond acceptors (Lipinski definition) is 2. The summed E-state index contributed by atoms with van der Waals surface area (Å²) in [4.78, 5) is 25.4. The number of hydrogen-bond donors (Lipinski definition) is 1. The summed E-state index contributed by atoms with van der Waals surface area (Å²) in [6.45, 7) is -0.790. The number of likely N-dealkylation sites (tertiary alicyclic amines) is 1. The standard InChI is InChI=1S/C15H16F4N2O2/c16-12-3-1-11(2-4-12)14(23)21-7-5-10(6-8-21)13(22)20-9-15(17,18)19/h1-4,10H,5-9H2,(H,20,22). The zero-order valence-electron chi connectivity index (χ0n) is 12.2. The van der Waals surface area contributed by atoms with Gasteiger partial charge in [-0.15, -0.1) is 0 Å². The first-order chi connectivity index (χ1) is 10.8. The molecule has 1 saturated heterocycles. The van der Waals surface area contributed by atoms with Crippen LogP contribution in [0.25, 0.3) is 0 Å². The maximum atomic E-state index is 12.8. The van der Waals surface area contributed by atoms with Gasteiger partial charge in [-0.3, -0.25) is 9.59 Å². The third kappa shape index (κ3) is 4.94. The van der Waals surface area contributed by atoms with E-state index < -0.39 is 30.4 Å². The fourth-order valence-electron chi connectivity index (χ4n) is 2.45. The summed E-state index contributed by atoms with van der Waals surface area (Å²) in [7, 11) is 0. The first-order valence-corrected chi connectivity index (χ1v) is 7.15. The summed E-state index contributed by atoms with van der Waals surface area (Å²) in [6.07, 6.45) is -3.83. The quantitative estimate of drug-likeness (QED) is 0.864. The van der Waals surface area contributed by atoms with Gasteiger partial charge in [-0.1, -0.05) is 0 Å². The van der Waals surface area contributed by atoms with E-state index in [-0.39, 0.29) is 19.0 Å². The Labute approximate surface area is 130 Å². The minimum Gasteiger partial charge on any atom is -0.347 e. The highest BCUT2D eigenvalue weighted by molar-refractivity contribution is 5.94. The molecule has 1 aromatic carbocycles. The molecule has 1 heterocycles. The second kappa shape index (κ2) is 6.97. The van der Waals surface area contributed by atoms with E-state index in [4.69, 9.17) is 0 Å². The van der Waals surface area contributed by atoms with Crippen molar-refractivity contribution >= 4 is 11.8 Å². The number of carbonyl (C=O) groups excluding carboxylic acids is 2. The van der Waals surface area contributed by atoms with E-state index in [2.05, 4.69) is 0 Å². The SMILES string of the molecule is O=C(NCC(F)(F)F)C1CCN(C(=O)c2ccc(F)cc2)CC1. The van der Waals surface area contributed by atoms with Gasteiger partial charge in [0.1, 0.15) is 12.4 Å². The molecule has 0 saturated carbocycles. The van der Waals surface area contributed by atoms with Gasteiger partial charge in [0.15, 0.2) is 0 Å². The Morgan fingerprint density at radius 2 is 1.70 bits per heavy atom. The number of benzene rings is 1. The second-order valence-electron chi connectivity index (χ2n) is 5.41. The number of nitrogens with zero attached hydrogens (tertiary/aromatic N) is 1. The average molecular weight is 332 g/mol. The molecule has 4 nitrogen and oxygen atoms in total. The molecule has 0 aliphatic carbocycles. The maximum absolute atomic E-state index is 12.8. The number of halogens is 4. The predicted molar refractivity (Wildman–Crippen MR) is 74.1 cm³/mol. The molecule has 1 N–H and O–H groups in total. The van der Waals surface area contributed by atoms with Crippen LogP contribution in [0.15, 0.2) is 24.3 Å². The Morgan fingerprint density at radius 1 is 1.13 bits per heavy atom. The van der Waals surface area contributed by atoms with Crippen LogP contribution in [0.2, 0.25) is 0 Å². The van der Waals surface area contributed by atoms with Gasteiger partial charge in [0, 0.05) is 24.6 Å². The number of piperidine rings is 1. The smallest absolute Gasteiger partial charge is 0.347 e. The monoisotopic (exact) mass is 332 g/mol. The normalized spacial score (nSPS) is 16.3. The molecule has 0 atom stereocenters. The molecule has 1 fully saturated rings. The summed E-state index contributed by atoms with van der Waals surface area (Å²) >= 11 is 0. The molecule has 0 spiro atoms. The van der Waals surface area contributed by atoms with Crippen LogP contribution in [0.1, 0.15) is 23.2 Å². The third-order valence-electron chi connectivity index (χ3n) is 3.71. The van der Waals surface area contributed by atoms with Crippen molar-refractivity contribution in [2.75, 3.05) is 19.6 Å². The van der Waals surface area contributed by atoms with Crippen molar-refractivity contribution < 1.29 is 27.2 Å². The van der Waals surface area contributed by atoms with Crippen LogP contribution in [0, 0.1) is 11.7 Å². The van der Waals surface area contributed by atoms with Gasteiger partial charge in [-0.25, -0.2) is 4.39 Å². The first kappa shape index (κ1) is 17.2. The van der Waals surface area contributed by atoms with E-state index in [9.17, 15) is 27.2 Å². The summed E-state index contributed by atoms with van der Waals surface area (Å²) in [6, 6.07) is 5.12. The van der Waals surface area contributed by atoms with Crippen molar-refractivity contribution in [3.8, 4) is 0 Å². The summed E-state index contributed by atoms with van der Waals surface area (Å²) < 4.78 is 49.1. The van der Waals surface area contributed by atoms with Gasteiger partial charge in [0.05, 0.1) is 0 Å². The van der Waals surface area contributed by atoms with Gasteiger partial charge in [0.2, 0.25) is 5.91 Å². The molecular weight excluding hydrogens is 316 g/mol. The van der Waals surface area contributed by atoms with Crippen molar-refractivity contribution in [3.05, 3.63) is 35.6 Å². The Balaban J connectivity index is 1.84.